The molecular formula is C7H13N3O5. The van der Waals surface area contributed by atoms with Crippen LogP contribution in [0.15, 0.2) is 0 Å². The van der Waals surface area contributed by atoms with Crippen molar-refractivity contribution >= 4 is 17.8 Å². The highest BCUT2D eigenvalue weighted by Gasteiger charge is 2.20. The van der Waals surface area contributed by atoms with Gasteiger partial charge in [0.05, 0.1) is 0 Å². The predicted molar refractivity (Wildman–Crippen MR) is 48.1 cm³/mol. The molecule has 86 valence electrons. The third-order valence-corrected chi connectivity index (χ3v) is 1.53. The summed E-state index contributed by atoms with van der Waals surface area (Å²) in [7, 11) is 0. The smallest absolute Gasteiger partial charge is 0.326 e. The molecule has 1 atom stereocenters. The summed E-state index contributed by atoms with van der Waals surface area (Å²) in [6, 6.07) is -1.17. The molecule has 0 bridgehead atoms. The van der Waals surface area contributed by atoms with Crippen LogP contribution in [0.1, 0.15) is 12.8 Å². The molecule has 15 heavy (non-hydrogen) atoms. The Morgan fingerprint density at radius 3 is 2.40 bits per heavy atom. The lowest BCUT2D eigenvalue weighted by molar-refractivity contribution is -0.142. The topological polar surface area (TPSA) is 145 Å². The van der Waals surface area contributed by atoms with Gasteiger partial charge in [-0.2, -0.15) is 0 Å². The number of nitrogens with one attached hydrogen (secondary N) is 1. The second-order valence-electron chi connectivity index (χ2n) is 2.77. The maximum atomic E-state index is 10.9. The quantitative estimate of drug-likeness (QED) is 0.355. The van der Waals surface area contributed by atoms with Crippen LogP contribution >= 0.6 is 0 Å². The molecule has 8 nitrogen and oxygen atoms in total. The Morgan fingerprint density at radius 1 is 1.40 bits per heavy atom. The molecule has 0 aliphatic rings. The second-order valence-corrected chi connectivity index (χ2v) is 2.77. The van der Waals surface area contributed by atoms with Gasteiger partial charge in [-0.3, -0.25) is 14.4 Å². The third-order valence-electron chi connectivity index (χ3n) is 1.53. The van der Waals surface area contributed by atoms with Crippen LogP contribution in [0.3, 0.4) is 0 Å². The van der Waals surface area contributed by atoms with Gasteiger partial charge >= 0.3 is 5.97 Å². The van der Waals surface area contributed by atoms with E-state index in [1.54, 1.807) is 0 Å². The second kappa shape index (κ2) is 6.74. The lowest BCUT2D eigenvalue weighted by atomic mass is 10.1. The Bertz CT molecular complexity index is 255. The summed E-state index contributed by atoms with van der Waals surface area (Å²) < 4.78 is 0. The number of hydrogen-bond donors (Lipinski definition) is 4. The van der Waals surface area contributed by atoms with Gasteiger partial charge in [-0.15, -0.1) is 0 Å². The summed E-state index contributed by atoms with van der Waals surface area (Å²) in [6.07, 6.45) is -0.193. The largest absolute Gasteiger partial charge is 0.480 e. The number of nitrogens with two attached hydrogens (primary N) is 2. The van der Waals surface area contributed by atoms with Crippen molar-refractivity contribution in [2.45, 2.75) is 18.9 Å². The van der Waals surface area contributed by atoms with Gasteiger partial charge in [0, 0.05) is 6.42 Å². The van der Waals surface area contributed by atoms with Gasteiger partial charge in [0.1, 0.15) is 12.6 Å². The summed E-state index contributed by atoms with van der Waals surface area (Å²) >= 11 is 0. The first-order chi connectivity index (χ1) is 6.97. The number of rotatable bonds is 7. The van der Waals surface area contributed by atoms with Gasteiger partial charge in [-0.05, 0) is 6.42 Å². The van der Waals surface area contributed by atoms with Gasteiger partial charge in [0.25, 0.3) is 0 Å². The number of aliphatic carboxylic acids is 1. The Labute approximate surface area is 85.5 Å². The van der Waals surface area contributed by atoms with Crippen molar-refractivity contribution in [2.24, 2.45) is 11.6 Å². The molecule has 0 aromatic carbocycles. The lowest BCUT2D eigenvalue weighted by Gasteiger charge is -2.12. The molecule has 0 saturated carbocycles. The molecule has 0 saturated heterocycles. The van der Waals surface area contributed by atoms with Crippen molar-refractivity contribution in [2.75, 3.05) is 6.61 Å². The Kier molecular flexibility index (Phi) is 5.99. The minimum atomic E-state index is -1.25. The summed E-state index contributed by atoms with van der Waals surface area (Å²) in [5, 5.41) is 10.8. The number of amides is 2. The van der Waals surface area contributed by atoms with Gasteiger partial charge < -0.3 is 16.2 Å². The minimum Gasteiger partial charge on any atom is -0.480 e. The summed E-state index contributed by atoms with van der Waals surface area (Å²) in [4.78, 5) is 35.9. The van der Waals surface area contributed by atoms with Crippen LogP contribution in [-0.4, -0.2) is 35.5 Å². The van der Waals surface area contributed by atoms with Crippen LogP contribution in [0, 0.1) is 0 Å². The van der Waals surface area contributed by atoms with Crippen LogP contribution in [0.4, 0.5) is 0 Å². The fourth-order valence-electron chi connectivity index (χ4n) is 0.856. The summed E-state index contributed by atoms with van der Waals surface area (Å²) in [5.74, 6) is 2.07. The van der Waals surface area contributed by atoms with E-state index in [2.05, 4.69) is 16.1 Å². The Hall–Kier alpha value is -1.67. The van der Waals surface area contributed by atoms with Crippen LogP contribution in [0.2, 0.25) is 0 Å². The van der Waals surface area contributed by atoms with Crippen LogP contribution in [0.5, 0.6) is 0 Å². The first-order valence-corrected chi connectivity index (χ1v) is 4.09. The van der Waals surface area contributed by atoms with E-state index in [0.29, 0.717) is 0 Å². The molecule has 0 aliphatic carbocycles. The van der Waals surface area contributed by atoms with Crippen LogP contribution in [-0.2, 0) is 19.2 Å². The van der Waals surface area contributed by atoms with Crippen molar-refractivity contribution in [1.29, 1.82) is 0 Å². The van der Waals surface area contributed by atoms with Gasteiger partial charge in [0.15, 0.2) is 0 Å². The van der Waals surface area contributed by atoms with E-state index in [4.69, 9.17) is 10.8 Å². The number of primary amides is 1. The molecule has 8 heteroatoms. The Morgan fingerprint density at radius 2 is 2.00 bits per heavy atom. The first-order valence-electron chi connectivity index (χ1n) is 4.09. The molecule has 0 heterocycles. The van der Waals surface area contributed by atoms with E-state index < -0.39 is 30.4 Å². The highest BCUT2D eigenvalue weighted by molar-refractivity contribution is 5.84. The predicted octanol–water partition coefficient (Wildman–Crippen LogP) is -2.29. The highest BCUT2D eigenvalue weighted by Crippen LogP contribution is 1.97. The van der Waals surface area contributed by atoms with Crippen molar-refractivity contribution in [3.05, 3.63) is 0 Å². The zero-order chi connectivity index (χ0) is 11.8. The maximum Gasteiger partial charge on any atom is 0.326 e. The number of hydrogen-bond acceptors (Lipinski definition) is 5. The summed E-state index contributed by atoms with van der Waals surface area (Å²) in [6.45, 7) is -0.444. The van der Waals surface area contributed by atoms with E-state index in [-0.39, 0.29) is 12.8 Å². The Balaban J connectivity index is 4.10. The number of carboxylic acids is 1. The monoisotopic (exact) mass is 219 g/mol. The molecule has 6 N–H and O–H groups in total. The van der Waals surface area contributed by atoms with E-state index in [1.807, 2.05) is 0 Å². The van der Waals surface area contributed by atoms with Gasteiger partial charge in [-0.1, -0.05) is 0 Å². The molecule has 0 unspecified atom stereocenters. The number of carboxylic acid groups (broad SMARTS) is 1. The molecule has 0 aliphatic heterocycles. The molecule has 0 rings (SSSR count). The van der Waals surface area contributed by atoms with E-state index in [9.17, 15) is 14.4 Å². The maximum absolute atomic E-state index is 10.9. The molecule has 2 amide bonds. The van der Waals surface area contributed by atoms with Gasteiger partial charge in [-0.25, -0.2) is 10.7 Å². The van der Waals surface area contributed by atoms with Crippen molar-refractivity contribution in [1.82, 2.24) is 5.32 Å². The zero-order valence-electron chi connectivity index (χ0n) is 7.93. The summed E-state index contributed by atoms with van der Waals surface area (Å²) in [5.41, 5.74) is 4.84. The third kappa shape index (κ3) is 6.41. The minimum absolute atomic E-state index is 0.0685. The van der Waals surface area contributed by atoms with Crippen molar-refractivity contribution in [3.63, 3.8) is 0 Å². The van der Waals surface area contributed by atoms with Crippen LogP contribution < -0.4 is 16.9 Å². The standard InChI is InChI=1S/C7H13N3O5/c8-5(11)2-1-4(7(13)14)10-6(12)3-15-9/h4H,1-3,9H2,(H2,8,11)(H,10,12)(H,13,14)/t4-/m0/s1. The first kappa shape index (κ1) is 13.3. The zero-order valence-corrected chi connectivity index (χ0v) is 7.93. The molecule has 0 aromatic heterocycles. The van der Waals surface area contributed by atoms with E-state index >= 15 is 0 Å². The highest BCUT2D eigenvalue weighted by atomic mass is 16.6. The van der Waals surface area contributed by atoms with Crippen molar-refractivity contribution < 1.29 is 24.3 Å². The fraction of sp³-hybridized carbons (Fsp3) is 0.571. The molecular weight excluding hydrogens is 206 g/mol. The number of carbonyl (C=O) groups excluding carboxylic acids is 2. The SMILES string of the molecule is NOCC(=O)N[C@@H](CCC(N)=O)C(=O)O. The average molecular weight is 219 g/mol. The number of carbonyl (C=O) groups is 3. The van der Waals surface area contributed by atoms with E-state index in [0.717, 1.165) is 0 Å². The molecule has 0 aromatic rings. The van der Waals surface area contributed by atoms with Crippen LogP contribution in [0.25, 0.3) is 0 Å². The van der Waals surface area contributed by atoms with Crippen molar-refractivity contribution in [3.8, 4) is 0 Å². The van der Waals surface area contributed by atoms with Gasteiger partial charge in [0.2, 0.25) is 11.8 Å². The normalized spacial score (nSPS) is 11.8. The average Bonchev–Trinajstić information content (AvgIpc) is 2.11. The molecule has 0 radical (unpaired) electrons. The fourth-order valence-corrected chi connectivity index (χ4v) is 0.856. The molecule has 0 fully saturated rings. The lowest BCUT2D eigenvalue weighted by Crippen LogP contribution is -2.43. The molecule has 0 spiro atoms. The van der Waals surface area contributed by atoms with E-state index in [1.165, 1.54) is 0 Å².